The molecule has 0 aliphatic heterocycles. The van der Waals surface area contributed by atoms with E-state index in [2.05, 4.69) is 67.9 Å². The number of benzene rings is 3. The van der Waals surface area contributed by atoms with Gasteiger partial charge < -0.3 is 40.7 Å². The third-order valence-electron chi connectivity index (χ3n) is 5.65. The topological polar surface area (TPSA) is 133 Å². The molecule has 0 saturated heterocycles. The number of aromatic nitrogens is 3. The van der Waals surface area contributed by atoms with Crippen LogP contribution in [0.3, 0.4) is 0 Å². The van der Waals surface area contributed by atoms with Gasteiger partial charge in [-0.2, -0.15) is 15.0 Å². The van der Waals surface area contributed by atoms with E-state index in [4.69, 9.17) is 0 Å². The minimum Gasteiger partial charge on any atom is -0.670 e. The molecule has 0 spiro atoms. The van der Waals surface area contributed by atoms with E-state index in [0.717, 1.165) is 0 Å². The third-order valence-corrected chi connectivity index (χ3v) is 5.65. The number of aromatic hydroxyl groups is 3. The van der Waals surface area contributed by atoms with E-state index in [1.165, 1.54) is 32.9 Å². The zero-order valence-electron chi connectivity index (χ0n) is 25.4. The van der Waals surface area contributed by atoms with Gasteiger partial charge in [-0.25, -0.2) is 0 Å². The van der Waals surface area contributed by atoms with Crippen molar-refractivity contribution in [1.29, 1.82) is 0 Å². The minimum atomic E-state index is -0.0699. The summed E-state index contributed by atoms with van der Waals surface area (Å²) in [6.45, 7) is 0. The molecule has 45 heavy (non-hydrogen) atoms. The van der Waals surface area contributed by atoms with Gasteiger partial charge in [0.05, 0.1) is 11.4 Å². The Labute approximate surface area is 228 Å². The van der Waals surface area contributed by atoms with Gasteiger partial charge in [-0.1, -0.05) is 6.07 Å². The molecule has 0 radical (unpaired) electrons. The Morgan fingerprint density at radius 3 is 1.20 bits per heavy atom. The zero-order chi connectivity index (χ0) is 28.3. The summed E-state index contributed by atoms with van der Waals surface area (Å²) >= 11 is 0. The van der Waals surface area contributed by atoms with Crippen LogP contribution in [0, 0.1) is 42.3 Å². The van der Waals surface area contributed by atoms with Crippen molar-refractivity contribution in [2.24, 2.45) is 0 Å². The van der Waals surface area contributed by atoms with Crippen LogP contribution in [0.15, 0.2) is 54.6 Å². The summed E-state index contributed by atoms with van der Waals surface area (Å²) in [4.78, 5) is 17.5. The Morgan fingerprint density at radius 1 is 0.511 bits per heavy atom. The second-order valence-corrected chi connectivity index (χ2v) is 8.66. The molecule has 0 atom stereocenters. The molecule has 0 amide bonds. The van der Waals surface area contributed by atoms with Crippen molar-refractivity contribution in [3.05, 3.63) is 108 Å². The molecular weight excluding hydrogens is 2100 g/mol. The first-order valence-electron chi connectivity index (χ1n) is 11.5. The summed E-state index contributed by atoms with van der Waals surface area (Å²) in [6.07, 6.45) is 0.151. The van der Waals surface area contributed by atoms with Crippen LogP contribution < -0.4 is 25.3 Å². The van der Waals surface area contributed by atoms with Gasteiger partial charge >= 0.3 is 0 Å². The van der Waals surface area contributed by atoms with Gasteiger partial charge in [-0.15, -0.1) is 0 Å². The van der Waals surface area contributed by atoms with E-state index in [-0.39, 0.29) is 35.6 Å². The van der Waals surface area contributed by atoms with Gasteiger partial charge in [0.2, 0.25) is 11.9 Å². The summed E-state index contributed by atoms with van der Waals surface area (Å²) in [5, 5.41) is 37.5. The van der Waals surface area contributed by atoms with Crippen molar-refractivity contribution in [3.8, 4) is 17.2 Å². The van der Waals surface area contributed by atoms with Crippen molar-refractivity contribution >= 4 is 40.3 Å². The number of hydrogen-bond acceptors (Lipinski definition) is 11. The molecular formula is C28H28N8O3Rf6-6. The van der Waals surface area contributed by atoms with E-state index in [9.17, 15) is 15.3 Å². The smallest absolute Gasteiger partial charge is 0.232 e. The van der Waals surface area contributed by atoms with Crippen molar-refractivity contribution in [2.75, 3.05) is 25.3 Å². The quantitative estimate of drug-likeness (QED) is 0.112. The summed E-state index contributed by atoms with van der Waals surface area (Å²) in [5.41, 5.74) is 3.04. The average molecular weight is 2130 g/mol. The van der Waals surface area contributed by atoms with E-state index in [0.29, 0.717) is 39.8 Å². The van der Waals surface area contributed by atoms with E-state index >= 15 is 0 Å². The van der Waals surface area contributed by atoms with Gasteiger partial charge in [-0.3, -0.25) is 42.3 Å². The maximum absolute atomic E-state index is 10.5. The fraction of sp³-hybridized carbons (Fsp3) is 0.0357. The van der Waals surface area contributed by atoms with Gasteiger partial charge in [0, 0.05) is 24.1 Å². The van der Waals surface area contributed by atoms with Crippen LogP contribution in [0.2, 0.25) is 0 Å². The molecule has 4 rings (SSSR count). The Hall–Kier alpha value is -10.9. The molecule has 4 aromatic rings. The standard InChI is InChI=1S/C28H28N8O3.6Rf/c1-34(2)18-8-7-17(23(37)14-18)13-26-31-27(29-21-11-9-19(35(3)4)15-24(21)38)33-28(32-26)30-22-12-10-20(36(5)6)16-25(22)39;;;;;;/h7-12,14-16,37-39H,1-6,13H2,(H2,29,30,31,32,33);;;;;;/q-6;;;;;;. The maximum atomic E-state index is 10.5. The zero-order valence-corrected chi connectivity index (χ0v) is 63.8. The van der Waals surface area contributed by atoms with Crippen LogP contribution in [0.5, 0.6) is 17.2 Å². The van der Waals surface area contributed by atoms with Crippen molar-refractivity contribution in [1.82, 2.24) is 15.0 Å². The summed E-state index contributed by atoms with van der Waals surface area (Å²) < 4.78 is 0. The molecule has 5 N–H and O–H groups in total. The molecule has 11 nitrogen and oxygen atoms in total. The third kappa shape index (κ3) is 7.78. The van der Waals surface area contributed by atoms with Crippen molar-refractivity contribution in [2.45, 2.75) is 6.42 Å². The number of rotatable bonds is 9. The van der Waals surface area contributed by atoms with Crippen LogP contribution in [0.25, 0.3) is 0 Å². The van der Waals surface area contributed by atoms with Crippen LogP contribution in [-0.2, 0) is 6.42 Å². The Bertz CT molecular complexity index is 1310. The molecule has 1 heterocycles. The first kappa shape index (κ1) is 38.6. The second-order valence-electron chi connectivity index (χ2n) is 8.66. The molecule has 1 aromatic heterocycles. The van der Waals surface area contributed by atoms with Crippen LogP contribution in [-0.4, -0.2) is 30.3 Å². The predicted octanol–water partition coefficient (Wildman–Crippen LogP) is 5.24. The fourth-order valence-electron chi connectivity index (χ4n) is 3.57. The number of phenols is 3. The number of phenolic OH excluding ortho intramolecular Hbond substituents is 3. The molecule has 3 aromatic carbocycles. The SMILES string of the molecule is [CH2-]N([CH2-])c1ccc(Cc2nc(Nc3ccc(N([CH2-])[CH2-])cc3O)nc(Nc3ccc(N([CH2-])[CH2-])cc3O)n2)c(O)c1.[Rf].[Rf].[Rf].[Rf].[Rf].[Rf]. The normalized spacial score (nSPS) is 9.29. The van der Waals surface area contributed by atoms with Crippen LogP contribution in [0.4, 0.5) is 40.3 Å². The molecule has 0 aliphatic carbocycles. The number of nitrogens with zero attached hydrogens (tertiary/aromatic N) is 6. The van der Waals surface area contributed by atoms with E-state index in [1.54, 1.807) is 36.4 Å². The molecule has 0 bridgehead atoms. The fourth-order valence-corrected chi connectivity index (χ4v) is 3.57. The van der Waals surface area contributed by atoms with E-state index < -0.39 is 0 Å². The second kappa shape index (κ2) is 14.1. The average Bonchev–Trinajstić information content (AvgIpc) is 2.87. The first-order valence-corrected chi connectivity index (χ1v) is 11.5. The van der Waals surface area contributed by atoms with Gasteiger partial charge in [0.1, 0.15) is 23.1 Å². The van der Waals surface area contributed by atoms with Gasteiger partial charge in [-0.05, 0) is 53.5 Å². The summed E-state index contributed by atoms with van der Waals surface area (Å²) in [7, 11) is 22.2. The molecule has 0 saturated carbocycles. The van der Waals surface area contributed by atoms with Crippen LogP contribution in [0.1, 0.15) is 11.4 Å². The van der Waals surface area contributed by atoms with Crippen LogP contribution >= 0.6 is 0 Å². The number of nitrogens with one attached hydrogen (secondary N) is 2. The summed E-state index contributed by atoms with van der Waals surface area (Å²) in [5.74, 6) is 0.408. The molecule has 17 heteroatoms. The Kier molecular flexibility index (Phi) is 12.1. The largest absolute Gasteiger partial charge is 0.670 e. The van der Waals surface area contributed by atoms with Gasteiger partial charge in [0.25, 0.3) is 0 Å². The molecule has 0 unspecified atom stereocenters. The maximum Gasteiger partial charge on any atom is 0.232 e. The van der Waals surface area contributed by atoms with Gasteiger partial charge in [0.15, 0.2) is 0 Å². The molecule has 0 fully saturated rings. The van der Waals surface area contributed by atoms with Crippen molar-refractivity contribution < 1.29 is 15.3 Å². The Morgan fingerprint density at radius 2 is 0.867 bits per heavy atom. The monoisotopic (exact) mass is 2130 g/mol. The number of anilines is 7. The predicted molar refractivity (Wildman–Crippen MR) is 153 cm³/mol. The van der Waals surface area contributed by atoms with Crippen molar-refractivity contribution in [3.63, 3.8) is 0 Å². The molecule has 0 aliphatic rings. The Balaban J connectivity index is -0.00000294. The first-order chi connectivity index (χ1) is 18.5. The number of hydrogen-bond donors (Lipinski definition) is 5. The van der Waals surface area contributed by atoms with E-state index in [1.807, 2.05) is 0 Å². The summed E-state index contributed by atoms with van der Waals surface area (Å²) in [6, 6.07) is 14.7. The minimum absolute atomic E-state index is 0. The molecule has 216 valence electrons.